The van der Waals surface area contributed by atoms with Crippen LogP contribution in [0.25, 0.3) is 0 Å². The van der Waals surface area contributed by atoms with Gasteiger partial charge in [0.25, 0.3) is 11.6 Å². The third-order valence-electron chi connectivity index (χ3n) is 3.60. The predicted octanol–water partition coefficient (Wildman–Crippen LogP) is 2.48. The van der Waals surface area contributed by atoms with E-state index in [0.29, 0.717) is 13.1 Å². The molecule has 2 rings (SSSR count). The van der Waals surface area contributed by atoms with Crippen molar-refractivity contribution >= 4 is 35.6 Å². The van der Waals surface area contributed by atoms with Gasteiger partial charge in [-0.1, -0.05) is 11.6 Å². The third kappa shape index (κ3) is 3.84. The van der Waals surface area contributed by atoms with Crippen LogP contribution in [0.1, 0.15) is 23.7 Å². The first-order chi connectivity index (χ1) is 9.42. The number of amides is 1. The molecule has 8 heteroatoms. The van der Waals surface area contributed by atoms with E-state index in [1.165, 1.54) is 18.2 Å². The second kappa shape index (κ2) is 7.06. The number of halogens is 2. The van der Waals surface area contributed by atoms with Gasteiger partial charge in [0.15, 0.2) is 0 Å². The van der Waals surface area contributed by atoms with Gasteiger partial charge >= 0.3 is 0 Å². The van der Waals surface area contributed by atoms with Crippen LogP contribution in [0.2, 0.25) is 5.02 Å². The molecule has 0 spiro atoms. The molecule has 2 N–H and O–H groups in total. The number of hydrogen-bond donors (Lipinski definition) is 1. The Hall–Kier alpha value is -1.37. The maximum atomic E-state index is 12.4. The SMILES string of the molecule is CC1CC(CN)CN1C(=O)c1cc(Cl)cc([N+](=O)[O-])c1.Cl. The van der Waals surface area contributed by atoms with Crippen molar-refractivity contribution in [3.8, 4) is 0 Å². The van der Waals surface area contributed by atoms with Gasteiger partial charge in [-0.15, -0.1) is 12.4 Å². The minimum absolute atomic E-state index is 0. The molecule has 1 fully saturated rings. The van der Waals surface area contributed by atoms with Gasteiger partial charge < -0.3 is 10.6 Å². The number of rotatable bonds is 3. The Balaban J connectivity index is 0.00000220. The number of nitrogens with two attached hydrogens (primary N) is 1. The maximum Gasteiger partial charge on any atom is 0.271 e. The van der Waals surface area contributed by atoms with Crippen molar-refractivity contribution in [3.05, 3.63) is 38.9 Å². The highest BCUT2D eigenvalue weighted by molar-refractivity contribution is 6.31. The van der Waals surface area contributed by atoms with Crippen LogP contribution in [-0.4, -0.2) is 34.9 Å². The molecule has 6 nitrogen and oxygen atoms in total. The smallest absolute Gasteiger partial charge is 0.271 e. The van der Waals surface area contributed by atoms with Crippen molar-refractivity contribution in [1.29, 1.82) is 0 Å². The summed E-state index contributed by atoms with van der Waals surface area (Å²) in [7, 11) is 0. The van der Waals surface area contributed by atoms with E-state index in [-0.39, 0.29) is 46.5 Å². The molecule has 1 aliphatic heterocycles. The quantitative estimate of drug-likeness (QED) is 0.679. The number of benzene rings is 1. The van der Waals surface area contributed by atoms with E-state index in [2.05, 4.69) is 0 Å². The molecule has 0 aliphatic carbocycles. The topological polar surface area (TPSA) is 89.5 Å². The van der Waals surface area contributed by atoms with E-state index in [1.54, 1.807) is 4.90 Å². The van der Waals surface area contributed by atoms with Crippen molar-refractivity contribution in [1.82, 2.24) is 4.90 Å². The average molecular weight is 334 g/mol. The van der Waals surface area contributed by atoms with E-state index < -0.39 is 4.92 Å². The van der Waals surface area contributed by atoms with Crippen LogP contribution in [0.3, 0.4) is 0 Å². The monoisotopic (exact) mass is 333 g/mol. The van der Waals surface area contributed by atoms with Crippen molar-refractivity contribution in [2.24, 2.45) is 11.7 Å². The molecule has 21 heavy (non-hydrogen) atoms. The Kier molecular flexibility index (Phi) is 5.95. The van der Waals surface area contributed by atoms with Crippen LogP contribution >= 0.6 is 24.0 Å². The van der Waals surface area contributed by atoms with Gasteiger partial charge in [-0.05, 0) is 31.9 Å². The van der Waals surface area contributed by atoms with Crippen LogP contribution in [0.15, 0.2) is 18.2 Å². The molecular formula is C13H17Cl2N3O3. The van der Waals surface area contributed by atoms with Gasteiger partial charge in [0.2, 0.25) is 0 Å². The highest BCUT2D eigenvalue weighted by Gasteiger charge is 2.32. The first-order valence-corrected chi connectivity index (χ1v) is 6.76. The summed E-state index contributed by atoms with van der Waals surface area (Å²) < 4.78 is 0. The zero-order valence-corrected chi connectivity index (χ0v) is 13.1. The summed E-state index contributed by atoms with van der Waals surface area (Å²) in [5.41, 5.74) is 5.70. The lowest BCUT2D eigenvalue weighted by molar-refractivity contribution is -0.384. The maximum absolute atomic E-state index is 12.4. The predicted molar refractivity (Wildman–Crippen MR) is 83.0 cm³/mol. The lowest BCUT2D eigenvalue weighted by Crippen LogP contribution is -2.34. The molecule has 1 aliphatic rings. The molecule has 1 heterocycles. The number of likely N-dealkylation sites (tertiary alicyclic amines) is 1. The molecule has 1 amide bonds. The zero-order chi connectivity index (χ0) is 14.9. The van der Waals surface area contributed by atoms with E-state index in [9.17, 15) is 14.9 Å². The number of carbonyl (C=O) groups excluding carboxylic acids is 1. The van der Waals surface area contributed by atoms with Crippen LogP contribution in [0.5, 0.6) is 0 Å². The van der Waals surface area contributed by atoms with E-state index in [4.69, 9.17) is 17.3 Å². The molecule has 0 radical (unpaired) electrons. The second-order valence-corrected chi connectivity index (χ2v) is 5.54. The zero-order valence-electron chi connectivity index (χ0n) is 11.5. The Labute approximate surface area is 133 Å². The summed E-state index contributed by atoms with van der Waals surface area (Å²) in [6, 6.07) is 4.03. The summed E-state index contributed by atoms with van der Waals surface area (Å²) in [6.07, 6.45) is 0.852. The average Bonchev–Trinajstić information content (AvgIpc) is 2.78. The Bertz CT molecular complexity index is 553. The number of nitrogens with zero attached hydrogens (tertiary/aromatic N) is 2. The Morgan fingerprint density at radius 1 is 1.52 bits per heavy atom. The lowest BCUT2D eigenvalue weighted by Gasteiger charge is -2.21. The van der Waals surface area contributed by atoms with E-state index in [1.807, 2.05) is 6.92 Å². The number of hydrogen-bond acceptors (Lipinski definition) is 4. The van der Waals surface area contributed by atoms with Gasteiger partial charge in [0.05, 0.1) is 4.92 Å². The minimum atomic E-state index is -0.557. The standard InChI is InChI=1S/C13H16ClN3O3.ClH/c1-8-2-9(6-15)7-16(8)13(18)10-3-11(14)5-12(4-10)17(19)20;/h3-5,8-9H,2,6-7,15H2,1H3;1H. The van der Waals surface area contributed by atoms with Gasteiger partial charge in [-0.25, -0.2) is 0 Å². The molecule has 2 atom stereocenters. The van der Waals surface area contributed by atoms with Crippen LogP contribution in [0.4, 0.5) is 5.69 Å². The molecule has 1 saturated heterocycles. The number of non-ortho nitro benzene ring substituents is 1. The fourth-order valence-electron chi connectivity index (χ4n) is 2.56. The summed E-state index contributed by atoms with van der Waals surface area (Å²) >= 11 is 5.84. The first-order valence-electron chi connectivity index (χ1n) is 6.38. The molecule has 0 bridgehead atoms. The Morgan fingerprint density at radius 3 is 2.71 bits per heavy atom. The summed E-state index contributed by atoms with van der Waals surface area (Å²) in [4.78, 5) is 24.4. The summed E-state index contributed by atoms with van der Waals surface area (Å²) in [5.74, 6) is 0.0437. The first kappa shape index (κ1) is 17.7. The van der Waals surface area contributed by atoms with E-state index >= 15 is 0 Å². The normalized spacial score (nSPS) is 21.0. The van der Waals surface area contributed by atoms with Crippen molar-refractivity contribution in [2.75, 3.05) is 13.1 Å². The highest BCUT2D eigenvalue weighted by Crippen LogP contribution is 2.27. The van der Waals surface area contributed by atoms with Gasteiger partial charge in [-0.3, -0.25) is 14.9 Å². The largest absolute Gasteiger partial charge is 0.336 e. The number of nitro benzene ring substituents is 1. The number of nitro groups is 1. The lowest BCUT2D eigenvalue weighted by atomic mass is 10.1. The van der Waals surface area contributed by atoms with Crippen LogP contribution < -0.4 is 5.73 Å². The minimum Gasteiger partial charge on any atom is -0.336 e. The van der Waals surface area contributed by atoms with Crippen LogP contribution in [0, 0.1) is 16.0 Å². The summed E-state index contributed by atoms with van der Waals surface area (Å²) in [5, 5.41) is 11.0. The van der Waals surface area contributed by atoms with Crippen molar-refractivity contribution in [3.63, 3.8) is 0 Å². The number of carbonyl (C=O) groups is 1. The van der Waals surface area contributed by atoms with Gasteiger partial charge in [0.1, 0.15) is 0 Å². The summed E-state index contributed by atoms with van der Waals surface area (Å²) in [6.45, 7) is 3.06. The van der Waals surface area contributed by atoms with Gasteiger partial charge in [-0.2, -0.15) is 0 Å². The highest BCUT2D eigenvalue weighted by atomic mass is 35.5. The van der Waals surface area contributed by atoms with Crippen molar-refractivity contribution in [2.45, 2.75) is 19.4 Å². The van der Waals surface area contributed by atoms with E-state index in [0.717, 1.165) is 6.42 Å². The molecule has 0 aromatic heterocycles. The fourth-order valence-corrected chi connectivity index (χ4v) is 2.79. The Morgan fingerprint density at radius 2 is 2.19 bits per heavy atom. The molecule has 116 valence electrons. The van der Waals surface area contributed by atoms with Crippen LogP contribution in [-0.2, 0) is 0 Å². The fraction of sp³-hybridized carbons (Fsp3) is 0.462. The third-order valence-corrected chi connectivity index (χ3v) is 3.81. The molecule has 1 aromatic carbocycles. The molecule has 1 aromatic rings. The molecular weight excluding hydrogens is 317 g/mol. The van der Waals surface area contributed by atoms with Crippen molar-refractivity contribution < 1.29 is 9.72 Å². The molecule has 2 unspecified atom stereocenters. The molecule has 0 saturated carbocycles. The van der Waals surface area contributed by atoms with Gasteiger partial charge in [0, 0.05) is 35.3 Å². The second-order valence-electron chi connectivity index (χ2n) is 5.10.